The first-order valence-electron chi connectivity index (χ1n) is 6.03. The molecule has 1 heterocycles. The van der Waals surface area contributed by atoms with Crippen LogP contribution in [0.5, 0.6) is 0 Å². The number of halogens is 1. The third-order valence-electron chi connectivity index (χ3n) is 4.27. The van der Waals surface area contributed by atoms with Crippen molar-refractivity contribution in [3.05, 3.63) is 0 Å². The number of hydrogen-bond acceptors (Lipinski definition) is 1. The first-order valence-corrected chi connectivity index (χ1v) is 9.05. The predicted octanol–water partition coefficient (Wildman–Crippen LogP) is 3.53. The van der Waals surface area contributed by atoms with Gasteiger partial charge in [0, 0.05) is 0 Å². The molecule has 0 aromatic rings. The molecular weight excluding hydrogens is 193 g/mol. The Morgan fingerprint density at radius 3 is 2.21 bits per heavy atom. The summed E-state index contributed by atoms with van der Waals surface area (Å²) >= 11 is 0. The summed E-state index contributed by atoms with van der Waals surface area (Å²) in [5, 5.41) is 0. The zero-order valence-corrected chi connectivity index (χ0v) is 10.4. The molecule has 0 radical (unpaired) electrons. The Morgan fingerprint density at radius 2 is 1.71 bits per heavy atom. The minimum Gasteiger partial charge on any atom is -0.295 e. The van der Waals surface area contributed by atoms with Crippen LogP contribution in [-0.2, 0) is 0 Å². The van der Waals surface area contributed by atoms with Gasteiger partial charge in [-0.3, -0.25) is 4.57 Å². The van der Waals surface area contributed by atoms with Crippen molar-refractivity contribution in [2.75, 3.05) is 6.54 Å². The number of rotatable bonds is 2. The monoisotopic (exact) mass is 215 g/mol. The van der Waals surface area contributed by atoms with Gasteiger partial charge in [-0.2, -0.15) is 0 Å². The summed E-state index contributed by atoms with van der Waals surface area (Å²) in [4.78, 5) is 0. The van der Waals surface area contributed by atoms with Crippen molar-refractivity contribution in [1.29, 1.82) is 0 Å². The molecule has 1 aliphatic carbocycles. The highest BCUT2D eigenvalue weighted by Crippen LogP contribution is 2.42. The highest BCUT2D eigenvalue weighted by Gasteiger charge is 2.43. The van der Waals surface area contributed by atoms with Gasteiger partial charge in [-0.25, -0.2) is 4.39 Å². The third kappa shape index (κ3) is 1.76. The Labute approximate surface area is 87.8 Å². The highest BCUT2D eigenvalue weighted by atomic mass is 28.3. The molecule has 2 aliphatic rings. The van der Waals surface area contributed by atoms with Gasteiger partial charge >= 0.3 is 0 Å². The molecule has 0 aromatic carbocycles. The fourth-order valence-corrected chi connectivity index (χ4v) is 7.12. The molecule has 1 aliphatic heterocycles. The summed E-state index contributed by atoms with van der Waals surface area (Å²) in [6.45, 7) is 5.78. The van der Waals surface area contributed by atoms with Crippen molar-refractivity contribution in [2.24, 2.45) is 0 Å². The maximum Gasteiger partial charge on any atom is 0.147 e. The van der Waals surface area contributed by atoms with Gasteiger partial charge in [0.1, 0.15) is 14.5 Å². The second-order valence-electron chi connectivity index (χ2n) is 5.41. The second-order valence-corrected chi connectivity index (χ2v) is 10.1. The van der Waals surface area contributed by atoms with Crippen LogP contribution in [0.1, 0.15) is 38.5 Å². The van der Waals surface area contributed by atoms with Crippen molar-refractivity contribution in [1.82, 2.24) is 4.57 Å². The van der Waals surface area contributed by atoms with Crippen LogP contribution in [0.4, 0.5) is 4.39 Å². The van der Waals surface area contributed by atoms with E-state index in [9.17, 15) is 4.39 Å². The van der Waals surface area contributed by atoms with E-state index in [1.54, 1.807) is 0 Å². The van der Waals surface area contributed by atoms with Crippen LogP contribution in [-0.4, -0.2) is 25.6 Å². The lowest BCUT2D eigenvalue weighted by molar-refractivity contribution is 0.200. The molecule has 1 unspecified atom stereocenters. The Balaban J connectivity index is 2.05. The van der Waals surface area contributed by atoms with E-state index in [1.807, 2.05) is 0 Å². The predicted molar refractivity (Wildman–Crippen MR) is 60.5 cm³/mol. The SMILES string of the molecule is C[Si](C)(C1CCCC1)N1CCCC1F. The molecule has 1 saturated heterocycles. The number of hydrogen-bond donors (Lipinski definition) is 0. The summed E-state index contributed by atoms with van der Waals surface area (Å²) in [5.74, 6) is 0. The molecule has 0 N–H and O–H groups in total. The standard InChI is InChI=1S/C11H22FNSi/c1-14(2,10-6-3-4-7-10)13-9-5-8-11(13)12/h10-11H,3-9H2,1-2H3. The van der Waals surface area contributed by atoms with E-state index in [2.05, 4.69) is 17.7 Å². The molecule has 0 bridgehead atoms. The molecule has 3 heteroatoms. The van der Waals surface area contributed by atoms with E-state index in [4.69, 9.17) is 0 Å². The van der Waals surface area contributed by atoms with Gasteiger partial charge < -0.3 is 0 Å². The Morgan fingerprint density at radius 1 is 1.07 bits per heavy atom. The van der Waals surface area contributed by atoms with Crippen LogP contribution >= 0.6 is 0 Å². The lowest BCUT2D eigenvalue weighted by atomic mass is 10.4. The van der Waals surface area contributed by atoms with E-state index in [1.165, 1.54) is 25.7 Å². The second kappa shape index (κ2) is 3.93. The normalized spacial score (nSPS) is 31.5. The Kier molecular flexibility index (Phi) is 2.98. The molecule has 82 valence electrons. The van der Waals surface area contributed by atoms with Gasteiger partial charge in [-0.05, 0) is 24.9 Å². The Hall–Kier alpha value is 0.107. The van der Waals surface area contributed by atoms with Gasteiger partial charge in [0.15, 0.2) is 0 Å². The van der Waals surface area contributed by atoms with Crippen molar-refractivity contribution in [3.63, 3.8) is 0 Å². The van der Waals surface area contributed by atoms with Crippen LogP contribution in [0.25, 0.3) is 0 Å². The van der Waals surface area contributed by atoms with Gasteiger partial charge in [0.05, 0.1) is 0 Å². The van der Waals surface area contributed by atoms with Crippen molar-refractivity contribution < 1.29 is 4.39 Å². The highest BCUT2D eigenvalue weighted by molar-refractivity contribution is 6.76. The summed E-state index contributed by atoms with van der Waals surface area (Å²) in [6, 6.07) is 0. The Bertz CT molecular complexity index is 201. The lowest BCUT2D eigenvalue weighted by Crippen LogP contribution is -2.52. The van der Waals surface area contributed by atoms with Crippen LogP contribution in [0.3, 0.4) is 0 Å². The quantitative estimate of drug-likeness (QED) is 0.503. The molecule has 0 aromatic heterocycles. The first-order chi connectivity index (χ1) is 6.62. The van der Waals surface area contributed by atoms with Gasteiger partial charge in [-0.1, -0.05) is 38.8 Å². The molecular formula is C11H22FNSi. The smallest absolute Gasteiger partial charge is 0.147 e. The minimum atomic E-state index is -1.44. The fourth-order valence-electron chi connectivity index (χ4n) is 3.24. The fraction of sp³-hybridized carbons (Fsp3) is 1.00. The molecule has 1 nitrogen and oxygen atoms in total. The molecule has 2 fully saturated rings. The number of nitrogens with zero attached hydrogens (tertiary/aromatic N) is 1. The average Bonchev–Trinajstić information content (AvgIpc) is 2.72. The largest absolute Gasteiger partial charge is 0.295 e. The van der Waals surface area contributed by atoms with Crippen molar-refractivity contribution in [3.8, 4) is 0 Å². The lowest BCUT2D eigenvalue weighted by Gasteiger charge is -2.39. The third-order valence-corrected chi connectivity index (χ3v) is 8.83. The average molecular weight is 215 g/mol. The molecule has 1 saturated carbocycles. The minimum absolute atomic E-state index is 0.614. The summed E-state index contributed by atoms with van der Waals surface area (Å²) in [6.07, 6.45) is 6.73. The van der Waals surface area contributed by atoms with Crippen LogP contribution < -0.4 is 0 Å². The molecule has 0 amide bonds. The first kappa shape index (κ1) is 10.6. The maximum atomic E-state index is 13.7. The van der Waals surface area contributed by atoms with Gasteiger partial charge in [-0.15, -0.1) is 0 Å². The van der Waals surface area contributed by atoms with E-state index < -0.39 is 14.5 Å². The van der Waals surface area contributed by atoms with Crippen molar-refractivity contribution >= 4 is 8.24 Å². The maximum absolute atomic E-state index is 13.7. The summed E-state index contributed by atoms with van der Waals surface area (Å²) < 4.78 is 15.9. The summed E-state index contributed by atoms with van der Waals surface area (Å²) in [5.41, 5.74) is 0.860. The molecule has 14 heavy (non-hydrogen) atoms. The number of alkyl halides is 1. The topological polar surface area (TPSA) is 3.24 Å². The summed E-state index contributed by atoms with van der Waals surface area (Å²) in [7, 11) is -1.44. The van der Waals surface area contributed by atoms with E-state index in [0.29, 0.717) is 0 Å². The van der Waals surface area contributed by atoms with Crippen LogP contribution in [0, 0.1) is 0 Å². The van der Waals surface area contributed by atoms with E-state index >= 15 is 0 Å². The van der Waals surface area contributed by atoms with Gasteiger partial charge in [0.2, 0.25) is 0 Å². The zero-order valence-electron chi connectivity index (χ0n) is 9.43. The zero-order chi connectivity index (χ0) is 10.2. The van der Waals surface area contributed by atoms with Gasteiger partial charge in [0.25, 0.3) is 0 Å². The van der Waals surface area contributed by atoms with E-state index in [-0.39, 0.29) is 0 Å². The molecule has 1 atom stereocenters. The molecule has 0 spiro atoms. The molecule has 2 rings (SSSR count). The van der Waals surface area contributed by atoms with Crippen LogP contribution in [0.2, 0.25) is 18.6 Å². The van der Waals surface area contributed by atoms with E-state index in [0.717, 1.165) is 24.9 Å². The van der Waals surface area contributed by atoms with Crippen molar-refractivity contribution in [2.45, 2.75) is 63.5 Å². The van der Waals surface area contributed by atoms with Crippen LogP contribution in [0.15, 0.2) is 0 Å².